The third kappa shape index (κ3) is 15.9. The predicted octanol–water partition coefficient (Wildman–Crippen LogP) is 3.79. The topological polar surface area (TPSA) is 134 Å². The normalized spacial score (nSPS) is 13.3. The maximum Gasteiger partial charge on any atom is 0.245 e. The number of hydrogen-bond donors (Lipinski definition) is 4. The van der Waals surface area contributed by atoms with Crippen molar-refractivity contribution >= 4 is 23.6 Å². The molecular formula is C29H57N5O4. The van der Waals surface area contributed by atoms with Gasteiger partial charge in [0.25, 0.3) is 0 Å². The average molecular weight is 540 g/mol. The Balaban J connectivity index is 4.70. The lowest BCUT2D eigenvalue weighted by Crippen LogP contribution is -2.56. The van der Waals surface area contributed by atoms with E-state index in [2.05, 4.69) is 22.9 Å². The van der Waals surface area contributed by atoms with E-state index in [0.717, 1.165) is 25.7 Å². The van der Waals surface area contributed by atoms with E-state index in [1.807, 2.05) is 6.92 Å². The number of hydrogen-bond acceptors (Lipinski definition) is 5. The van der Waals surface area contributed by atoms with Crippen molar-refractivity contribution in [1.29, 1.82) is 0 Å². The number of unbranched alkanes of at least 4 members (excludes halogenated alkanes) is 11. The maximum atomic E-state index is 13.3. The first kappa shape index (κ1) is 35.8. The maximum absolute atomic E-state index is 13.3. The molecule has 0 bridgehead atoms. The molecule has 5 N–H and O–H groups in total. The number of nitrogens with two attached hydrogens (primary N) is 1. The highest BCUT2D eigenvalue weighted by Crippen LogP contribution is 2.13. The van der Waals surface area contributed by atoms with Crippen LogP contribution in [0.5, 0.6) is 0 Å². The van der Waals surface area contributed by atoms with Crippen LogP contribution in [-0.4, -0.2) is 67.3 Å². The summed E-state index contributed by atoms with van der Waals surface area (Å²) in [6, 6.07) is -2.16. The Morgan fingerprint density at radius 1 is 0.763 bits per heavy atom. The van der Waals surface area contributed by atoms with E-state index >= 15 is 0 Å². The quantitative estimate of drug-likeness (QED) is 0.147. The first-order valence-corrected chi connectivity index (χ1v) is 15.0. The Morgan fingerprint density at radius 3 is 1.82 bits per heavy atom. The highest BCUT2D eigenvalue weighted by Gasteiger charge is 2.31. The third-order valence-electron chi connectivity index (χ3n) is 7.09. The van der Waals surface area contributed by atoms with E-state index in [0.29, 0.717) is 32.2 Å². The molecule has 0 unspecified atom stereocenters. The number of rotatable bonds is 23. The molecule has 0 aliphatic carbocycles. The van der Waals surface area contributed by atoms with E-state index in [9.17, 15) is 19.2 Å². The van der Waals surface area contributed by atoms with E-state index in [4.69, 9.17) is 5.73 Å². The number of carbonyl (C=O) groups excluding carboxylic acids is 4. The van der Waals surface area contributed by atoms with Crippen LogP contribution in [-0.2, 0) is 19.2 Å². The van der Waals surface area contributed by atoms with Crippen LogP contribution in [0.25, 0.3) is 0 Å². The molecule has 0 radical (unpaired) electrons. The average Bonchev–Trinajstić information content (AvgIpc) is 2.90. The minimum Gasteiger partial charge on any atom is -0.357 e. The SMILES string of the molecule is CCCCCCCCCCCCCC(=O)N[C@@H](CCCCN)C(=O)N(C)[C@@H](CC)C(=O)N[C@@H](C)C(=O)NC. The molecule has 4 amide bonds. The molecule has 222 valence electrons. The highest BCUT2D eigenvalue weighted by atomic mass is 16.2. The lowest BCUT2D eigenvalue weighted by molar-refractivity contribution is -0.142. The molecule has 0 aromatic rings. The van der Waals surface area contributed by atoms with E-state index < -0.39 is 24.0 Å². The minimum atomic E-state index is -0.741. The minimum absolute atomic E-state index is 0.133. The first-order valence-electron chi connectivity index (χ1n) is 15.0. The summed E-state index contributed by atoms with van der Waals surface area (Å²) in [5.41, 5.74) is 5.63. The summed E-state index contributed by atoms with van der Waals surface area (Å²) in [6.45, 7) is 6.16. The molecule has 0 aliphatic rings. The summed E-state index contributed by atoms with van der Waals surface area (Å²) >= 11 is 0. The van der Waals surface area contributed by atoms with Crippen molar-refractivity contribution in [1.82, 2.24) is 20.9 Å². The second-order valence-electron chi connectivity index (χ2n) is 10.4. The molecule has 0 fully saturated rings. The zero-order chi connectivity index (χ0) is 28.8. The Labute approximate surface area is 231 Å². The fourth-order valence-corrected chi connectivity index (χ4v) is 4.59. The van der Waals surface area contributed by atoms with Crippen molar-refractivity contribution in [3.05, 3.63) is 0 Å². The smallest absolute Gasteiger partial charge is 0.245 e. The molecule has 0 spiro atoms. The molecule has 0 aromatic heterocycles. The summed E-state index contributed by atoms with van der Waals surface area (Å²) in [5.74, 6) is -1.14. The van der Waals surface area contributed by atoms with Crippen molar-refractivity contribution in [3.63, 3.8) is 0 Å². The van der Waals surface area contributed by atoms with Gasteiger partial charge in [-0.25, -0.2) is 0 Å². The number of amides is 4. The van der Waals surface area contributed by atoms with Crippen LogP contribution in [0.4, 0.5) is 0 Å². The fraction of sp³-hybridized carbons (Fsp3) is 0.862. The first-order chi connectivity index (χ1) is 18.2. The molecule has 0 aromatic carbocycles. The zero-order valence-corrected chi connectivity index (χ0v) is 24.9. The van der Waals surface area contributed by atoms with Gasteiger partial charge >= 0.3 is 0 Å². The van der Waals surface area contributed by atoms with Gasteiger partial charge in [0, 0.05) is 20.5 Å². The summed E-state index contributed by atoms with van der Waals surface area (Å²) in [6.07, 6.45) is 16.0. The standard InChI is InChI=1S/C29H57N5O4/c1-6-8-9-10-11-12-13-14-15-16-17-21-26(35)33-24(20-18-19-22-30)29(38)34(5)25(7-2)28(37)32-23(3)27(36)31-4/h23-25H,6-22,30H2,1-5H3,(H,31,36)(H,32,37)(H,33,35)/t23-,24-,25-/m0/s1. The second kappa shape index (κ2) is 22.8. The number of nitrogens with one attached hydrogen (secondary N) is 3. The molecule has 3 atom stereocenters. The van der Waals surface area contributed by atoms with Gasteiger partial charge in [-0.2, -0.15) is 0 Å². The zero-order valence-electron chi connectivity index (χ0n) is 24.9. The predicted molar refractivity (Wildman–Crippen MR) is 154 cm³/mol. The van der Waals surface area contributed by atoms with Crippen molar-refractivity contribution in [2.45, 2.75) is 142 Å². The van der Waals surface area contributed by atoms with Gasteiger partial charge in [0.05, 0.1) is 0 Å². The van der Waals surface area contributed by atoms with Crippen LogP contribution in [0, 0.1) is 0 Å². The van der Waals surface area contributed by atoms with Crippen molar-refractivity contribution in [2.24, 2.45) is 5.73 Å². The van der Waals surface area contributed by atoms with Crippen LogP contribution in [0.2, 0.25) is 0 Å². The number of likely N-dealkylation sites (N-methyl/N-ethyl adjacent to an activating group) is 2. The highest BCUT2D eigenvalue weighted by molar-refractivity contribution is 5.94. The van der Waals surface area contributed by atoms with Gasteiger partial charge in [-0.05, 0) is 45.6 Å². The van der Waals surface area contributed by atoms with Gasteiger partial charge in [-0.3, -0.25) is 19.2 Å². The molecular weight excluding hydrogens is 482 g/mol. The third-order valence-corrected chi connectivity index (χ3v) is 7.09. The summed E-state index contributed by atoms with van der Waals surface area (Å²) in [5, 5.41) is 8.07. The Morgan fingerprint density at radius 2 is 1.32 bits per heavy atom. The van der Waals surface area contributed by atoms with Crippen molar-refractivity contribution in [3.8, 4) is 0 Å². The van der Waals surface area contributed by atoms with Gasteiger partial charge < -0.3 is 26.6 Å². The number of nitrogens with zero attached hydrogens (tertiary/aromatic N) is 1. The van der Waals surface area contributed by atoms with Crippen LogP contribution < -0.4 is 21.7 Å². The summed E-state index contributed by atoms with van der Waals surface area (Å²) in [4.78, 5) is 52.0. The molecule has 0 heterocycles. The van der Waals surface area contributed by atoms with Crippen LogP contribution in [0.15, 0.2) is 0 Å². The van der Waals surface area contributed by atoms with Crippen molar-refractivity contribution < 1.29 is 19.2 Å². The Hall–Kier alpha value is -2.16. The fourth-order valence-electron chi connectivity index (χ4n) is 4.59. The Kier molecular flexibility index (Phi) is 21.5. The monoisotopic (exact) mass is 539 g/mol. The molecule has 0 aliphatic heterocycles. The largest absolute Gasteiger partial charge is 0.357 e. The molecule has 0 saturated carbocycles. The summed E-state index contributed by atoms with van der Waals surface area (Å²) < 4.78 is 0. The molecule has 9 nitrogen and oxygen atoms in total. The van der Waals surface area contributed by atoms with Crippen molar-refractivity contribution in [2.75, 3.05) is 20.6 Å². The molecule has 9 heteroatoms. The molecule has 38 heavy (non-hydrogen) atoms. The second-order valence-corrected chi connectivity index (χ2v) is 10.4. The lowest BCUT2D eigenvalue weighted by Gasteiger charge is -2.31. The molecule has 0 saturated heterocycles. The van der Waals surface area contributed by atoms with E-state index in [1.165, 1.54) is 63.3 Å². The van der Waals surface area contributed by atoms with E-state index in [-0.39, 0.29) is 17.7 Å². The van der Waals surface area contributed by atoms with E-state index in [1.54, 1.807) is 14.0 Å². The van der Waals surface area contributed by atoms with Crippen LogP contribution in [0.1, 0.15) is 124 Å². The van der Waals surface area contributed by atoms with Gasteiger partial charge in [-0.15, -0.1) is 0 Å². The van der Waals surface area contributed by atoms with Gasteiger partial charge in [0.15, 0.2) is 0 Å². The molecule has 0 rings (SSSR count). The summed E-state index contributed by atoms with van der Waals surface area (Å²) in [7, 11) is 3.08. The van der Waals surface area contributed by atoms with Gasteiger partial charge in [-0.1, -0.05) is 78.1 Å². The Bertz CT molecular complexity index is 673. The van der Waals surface area contributed by atoms with Crippen LogP contribution in [0.3, 0.4) is 0 Å². The van der Waals surface area contributed by atoms with Crippen LogP contribution >= 0.6 is 0 Å². The lowest BCUT2D eigenvalue weighted by atomic mass is 10.0. The number of carbonyl (C=O) groups is 4. The van der Waals surface area contributed by atoms with Gasteiger partial charge in [0.2, 0.25) is 23.6 Å². The van der Waals surface area contributed by atoms with Gasteiger partial charge in [0.1, 0.15) is 18.1 Å².